The molecule has 7 nitrogen and oxygen atoms in total. The summed E-state index contributed by atoms with van der Waals surface area (Å²) in [5, 5.41) is 0. The number of rotatable bonds is 3. The highest BCUT2D eigenvalue weighted by Crippen LogP contribution is 2.46. The summed E-state index contributed by atoms with van der Waals surface area (Å²) in [7, 11) is 0. The number of amides is 1. The van der Waals surface area contributed by atoms with Gasteiger partial charge in [0.2, 0.25) is 5.91 Å². The van der Waals surface area contributed by atoms with Gasteiger partial charge >= 0.3 is 5.69 Å². The molecule has 2 bridgehead atoms. The molecule has 4 saturated heterocycles. The molecule has 0 radical (unpaired) electrons. The Morgan fingerprint density at radius 3 is 2.52 bits per heavy atom. The molecule has 0 unspecified atom stereocenters. The van der Waals surface area contributed by atoms with Crippen molar-refractivity contribution in [3.05, 3.63) is 68.2 Å². The van der Waals surface area contributed by atoms with Gasteiger partial charge in [-0.3, -0.25) is 19.5 Å². The number of likely N-dealkylation sites (tertiary alicyclic amines) is 1. The summed E-state index contributed by atoms with van der Waals surface area (Å²) in [6.07, 6.45) is 3.42. The van der Waals surface area contributed by atoms with Crippen LogP contribution < -0.4 is 11.2 Å². The maximum atomic E-state index is 13.4. The summed E-state index contributed by atoms with van der Waals surface area (Å²) in [6, 6.07) is 6.94. The van der Waals surface area contributed by atoms with Crippen molar-refractivity contribution in [2.24, 2.45) is 5.92 Å². The van der Waals surface area contributed by atoms with E-state index in [1.807, 2.05) is 17.0 Å². The van der Waals surface area contributed by atoms with Crippen LogP contribution in [0.4, 0.5) is 4.39 Å². The highest BCUT2D eigenvalue weighted by atomic mass is 19.1. The third-order valence-electron chi connectivity index (χ3n) is 6.85. The quantitative estimate of drug-likeness (QED) is 0.802. The van der Waals surface area contributed by atoms with E-state index in [2.05, 4.69) is 14.9 Å². The number of piperidine rings is 3. The van der Waals surface area contributed by atoms with Crippen LogP contribution in [0.3, 0.4) is 0 Å². The number of nitrogens with one attached hydrogen (secondary N) is 2. The smallest absolute Gasteiger partial charge is 0.325 e. The number of H-pyrrole nitrogens is 2. The number of halogens is 1. The molecule has 29 heavy (non-hydrogen) atoms. The summed E-state index contributed by atoms with van der Waals surface area (Å²) in [6.45, 7) is 2.63. The molecule has 0 spiro atoms. The lowest BCUT2D eigenvalue weighted by molar-refractivity contribution is -0.135. The first-order valence-electron chi connectivity index (χ1n) is 10.1. The summed E-state index contributed by atoms with van der Waals surface area (Å²) >= 11 is 0. The first kappa shape index (κ1) is 18.3. The zero-order valence-corrected chi connectivity index (χ0v) is 15.9. The van der Waals surface area contributed by atoms with Crippen LogP contribution in [-0.2, 0) is 11.2 Å². The molecule has 1 aromatic carbocycles. The van der Waals surface area contributed by atoms with E-state index >= 15 is 0 Å². The van der Waals surface area contributed by atoms with Crippen molar-refractivity contribution in [1.82, 2.24) is 19.8 Å². The summed E-state index contributed by atoms with van der Waals surface area (Å²) in [4.78, 5) is 45.5. The molecular formula is C21H23FN4O3. The average Bonchev–Trinajstić information content (AvgIpc) is 3.15. The van der Waals surface area contributed by atoms with Crippen LogP contribution in [-0.4, -0.2) is 57.4 Å². The van der Waals surface area contributed by atoms with Gasteiger partial charge in [-0.2, -0.15) is 0 Å². The van der Waals surface area contributed by atoms with Gasteiger partial charge in [0, 0.05) is 30.3 Å². The van der Waals surface area contributed by atoms with E-state index in [-0.39, 0.29) is 41.7 Å². The lowest BCUT2D eigenvalue weighted by Crippen LogP contribution is -2.60. The van der Waals surface area contributed by atoms with Gasteiger partial charge in [-0.05, 0) is 49.5 Å². The van der Waals surface area contributed by atoms with Crippen molar-refractivity contribution in [3.63, 3.8) is 0 Å². The number of benzene rings is 1. The molecule has 0 saturated carbocycles. The predicted octanol–water partition coefficient (Wildman–Crippen LogP) is 0.834. The Hall–Kier alpha value is -2.74. The van der Waals surface area contributed by atoms with E-state index in [1.165, 1.54) is 18.3 Å². The number of carbonyl (C=O) groups excluding carboxylic acids is 1. The van der Waals surface area contributed by atoms with E-state index in [1.54, 1.807) is 0 Å². The van der Waals surface area contributed by atoms with Crippen LogP contribution in [0.15, 0.2) is 40.1 Å². The van der Waals surface area contributed by atoms with Crippen LogP contribution >= 0.6 is 0 Å². The molecule has 8 heteroatoms. The van der Waals surface area contributed by atoms with Crippen molar-refractivity contribution in [2.75, 3.05) is 19.6 Å². The highest BCUT2D eigenvalue weighted by Gasteiger charge is 2.54. The lowest BCUT2D eigenvalue weighted by Gasteiger charge is -2.51. The predicted molar refractivity (Wildman–Crippen MR) is 104 cm³/mol. The van der Waals surface area contributed by atoms with Gasteiger partial charge in [0.05, 0.1) is 12.5 Å². The van der Waals surface area contributed by atoms with Gasteiger partial charge in [-0.25, -0.2) is 9.18 Å². The molecule has 6 rings (SSSR count). The zero-order chi connectivity index (χ0) is 20.1. The molecule has 152 valence electrons. The Bertz CT molecular complexity index is 1040. The molecule has 4 fully saturated rings. The Morgan fingerprint density at radius 1 is 1.10 bits per heavy atom. The second kappa shape index (κ2) is 6.95. The first-order valence-corrected chi connectivity index (χ1v) is 10.1. The fraction of sp³-hybridized carbons (Fsp3) is 0.476. The number of nitrogens with zero attached hydrogens (tertiary/aromatic N) is 2. The maximum Gasteiger partial charge on any atom is 0.325 e. The average molecular weight is 398 g/mol. The molecule has 4 aliphatic heterocycles. The minimum atomic E-state index is -0.582. The van der Waals surface area contributed by atoms with E-state index in [4.69, 9.17) is 0 Å². The molecule has 1 amide bonds. The van der Waals surface area contributed by atoms with E-state index in [0.717, 1.165) is 31.5 Å². The molecule has 2 N–H and O–H groups in total. The molecule has 1 aromatic heterocycles. The number of hydrogen-bond donors (Lipinski definition) is 2. The van der Waals surface area contributed by atoms with Crippen molar-refractivity contribution in [2.45, 2.75) is 37.3 Å². The normalized spacial score (nSPS) is 30.4. The minimum Gasteiger partial charge on any atom is -0.337 e. The molecule has 2 aromatic rings. The van der Waals surface area contributed by atoms with Crippen LogP contribution in [0, 0.1) is 11.7 Å². The van der Waals surface area contributed by atoms with E-state index < -0.39 is 11.2 Å². The fourth-order valence-electron chi connectivity index (χ4n) is 5.54. The number of aromatic nitrogens is 2. The topological polar surface area (TPSA) is 89.3 Å². The van der Waals surface area contributed by atoms with Crippen molar-refractivity contribution >= 4 is 5.91 Å². The largest absolute Gasteiger partial charge is 0.337 e. The maximum absolute atomic E-state index is 13.4. The van der Waals surface area contributed by atoms with Gasteiger partial charge in [0.25, 0.3) is 5.56 Å². The lowest BCUT2D eigenvalue weighted by atomic mass is 9.75. The second-order valence-electron chi connectivity index (χ2n) is 8.33. The summed E-state index contributed by atoms with van der Waals surface area (Å²) in [5.74, 6) is 0.213. The van der Waals surface area contributed by atoms with Gasteiger partial charge in [-0.1, -0.05) is 12.1 Å². The van der Waals surface area contributed by atoms with Crippen molar-refractivity contribution < 1.29 is 9.18 Å². The van der Waals surface area contributed by atoms with Crippen molar-refractivity contribution in [1.29, 1.82) is 0 Å². The fourth-order valence-corrected chi connectivity index (χ4v) is 5.54. The van der Waals surface area contributed by atoms with Gasteiger partial charge in [0.15, 0.2) is 0 Å². The van der Waals surface area contributed by atoms with Crippen LogP contribution in [0.5, 0.6) is 0 Å². The van der Waals surface area contributed by atoms with Crippen LogP contribution in [0.25, 0.3) is 0 Å². The van der Waals surface area contributed by atoms with Gasteiger partial charge in [0.1, 0.15) is 5.82 Å². The van der Waals surface area contributed by atoms with Gasteiger partial charge < -0.3 is 9.88 Å². The number of hydrogen-bond acceptors (Lipinski definition) is 4. The van der Waals surface area contributed by atoms with E-state index in [9.17, 15) is 18.8 Å². The van der Waals surface area contributed by atoms with Gasteiger partial charge in [-0.15, -0.1) is 0 Å². The summed E-state index contributed by atoms with van der Waals surface area (Å²) in [5.41, 5.74) is 0.201. The number of carbonyl (C=O) groups is 1. The molecular weight excluding hydrogens is 375 g/mol. The molecule has 5 heterocycles. The van der Waals surface area contributed by atoms with E-state index in [0.29, 0.717) is 12.5 Å². The third-order valence-corrected chi connectivity index (χ3v) is 6.85. The standard InChI is InChI=1S/C21H23FN4O3/c22-15-3-1-12(2-4-15)16-11-26(18-13-5-7-25(8-6-13)19(16)18)17(27)9-14-10-23-21(29)24-20(14)28/h1-4,10,13,16,18-19H,5-9,11H2,(H2,23,24,28,29)/t16-,18+,19+/m1/s1. The number of aromatic amines is 2. The minimum absolute atomic E-state index is 0.0435. The second-order valence-corrected chi connectivity index (χ2v) is 8.33. The van der Waals surface area contributed by atoms with Crippen LogP contribution in [0.1, 0.15) is 29.9 Å². The molecule has 0 aliphatic carbocycles. The third kappa shape index (κ3) is 3.11. The molecule has 3 atom stereocenters. The molecule has 4 aliphatic rings. The van der Waals surface area contributed by atoms with Crippen LogP contribution in [0.2, 0.25) is 0 Å². The van der Waals surface area contributed by atoms with Crippen molar-refractivity contribution in [3.8, 4) is 0 Å². The Kier molecular flexibility index (Phi) is 4.38. The monoisotopic (exact) mass is 398 g/mol. The number of fused-ring (bicyclic) bond motifs is 2. The Balaban J connectivity index is 1.46. The first-order chi connectivity index (χ1) is 14.0. The highest BCUT2D eigenvalue weighted by molar-refractivity contribution is 5.79. The Morgan fingerprint density at radius 2 is 1.83 bits per heavy atom. The Labute approximate surface area is 166 Å². The SMILES string of the molecule is O=C(Cc1c[nH]c(=O)[nH]c1=O)N1C[C@H](c2ccc(F)cc2)[C@H]2[C@@H]1C1CCN2CC1. The zero-order valence-electron chi connectivity index (χ0n) is 15.9. The summed E-state index contributed by atoms with van der Waals surface area (Å²) < 4.78 is 13.4.